The Balaban J connectivity index is 1.93. The van der Waals surface area contributed by atoms with Gasteiger partial charge in [0.05, 0.1) is 23.1 Å². The predicted molar refractivity (Wildman–Crippen MR) is 75.4 cm³/mol. The molecule has 0 amide bonds. The van der Waals surface area contributed by atoms with Gasteiger partial charge in [0.25, 0.3) is 0 Å². The highest BCUT2D eigenvalue weighted by molar-refractivity contribution is 5.86. The number of nitrogens with zero attached hydrogens (tertiary/aromatic N) is 2. The molecule has 0 N–H and O–H groups in total. The fourth-order valence-electron chi connectivity index (χ4n) is 1.81. The Morgan fingerprint density at radius 2 is 1.56 bits per heavy atom. The average Bonchev–Trinajstić information content (AvgIpc) is 2.46. The van der Waals surface area contributed by atoms with Crippen LogP contribution in [0.5, 0.6) is 0 Å². The molecule has 3 aromatic rings. The lowest BCUT2D eigenvalue weighted by Crippen LogP contribution is -1.87. The predicted octanol–water partition coefficient (Wildman–Crippen LogP) is 3.99. The van der Waals surface area contributed by atoms with Crippen LogP contribution in [0.25, 0.3) is 10.9 Å². The number of aromatic nitrogens is 1. The summed E-state index contributed by atoms with van der Waals surface area (Å²) in [6.07, 6.45) is 1.79. The van der Waals surface area contributed by atoms with Crippen LogP contribution in [0.2, 0.25) is 0 Å². The molecule has 0 atom stereocenters. The lowest BCUT2D eigenvalue weighted by atomic mass is 10.2. The third-order valence-electron chi connectivity index (χ3n) is 2.72. The number of rotatable bonds is 2. The molecule has 0 unspecified atom stereocenters. The minimum Gasteiger partial charge on any atom is -0.255 e. The van der Waals surface area contributed by atoms with Crippen molar-refractivity contribution >= 4 is 22.8 Å². The highest BCUT2D eigenvalue weighted by atomic mass is 14.8. The zero-order valence-electron chi connectivity index (χ0n) is 9.82. The van der Waals surface area contributed by atoms with Crippen molar-refractivity contribution in [3.63, 3.8) is 0 Å². The zero-order chi connectivity index (χ0) is 12.2. The van der Waals surface area contributed by atoms with Gasteiger partial charge in [0.2, 0.25) is 0 Å². The minimum atomic E-state index is 0.873. The molecule has 0 saturated carbocycles. The zero-order valence-corrected chi connectivity index (χ0v) is 9.82. The fourth-order valence-corrected chi connectivity index (χ4v) is 1.81. The third kappa shape index (κ3) is 2.28. The molecule has 0 saturated heterocycles. The topological polar surface area (TPSA) is 25.2 Å². The minimum absolute atomic E-state index is 0.873. The Labute approximate surface area is 106 Å². The first-order valence-corrected chi connectivity index (χ1v) is 5.87. The monoisotopic (exact) mass is 232 g/mol. The van der Waals surface area contributed by atoms with Crippen LogP contribution in [-0.2, 0) is 0 Å². The standard InChI is InChI=1S/C16H12N2/c1-2-7-14(8-3-1)17-12-15-11-10-13-6-4-5-9-16(13)18-15/h1-12H. The molecule has 1 aromatic heterocycles. The first-order valence-electron chi connectivity index (χ1n) is 5.87. The molecule has 3 rings (SSSR count). The molecule has 0 spiro atoms. The second kappa shape index (κ2) is 4.80. The molecule has 0 fully saturated rings. The van der Waals surface area contributed by atoms with Crippen LogP contribution >= 0.6 is 0 Å². The second-order valence-corrected chi connectivity index (χ2v) is 4.02. The van der Waals surface area contributed by atoms with Crippen LogP contribution in [0.1, 0.15) is 5.69 Å². The molecule has 0 aliphatic rings. The van der Waals surface area contributed by atoms with E-state index in [0.29, 0.717) is 0 Å². The molecule has 2 nitrogen and oxygen atoms in total. The van der Waals surface area contributed by atoms with Gasteiger partial charge in [0.15, 0.2) is 0 Å². The molecule has 0 radical (unpaired) electrons. The molecular weight excluding hydrogens is 220 g/mol. The Kier molecular flexibility index (Phi) is 2.84. The Hall–Kier alpha value is -2.48. The smallest absolute Gasteiger partial charge is 0.0820 e. The number of fused-ring (bicyclic) bond motifs is 1. The van der Waals surface area contributed by atoms with Gasteiger partial charge in [-0.05, 0) is 24.3 Å². The number of para-hydroxylation sites is 2. The maximum atomic E-state index is 4.54. The van der Waals surface area contributed by atoms with Crippen LogP contribution in [0, 0.1) is 0 Å². The lowest BCUT2D eigenvalue weighted by Gasteiger charge is -1.98. The highest BCUT2D eigenvalue weighted by Gasteiger charge is 1.94. The van der Waals surface area contributed by atoms with Gasteiger partial charge in [0.1, 0.15) is 0 Å². The summed E-state index contributed by atoms with van der Waals surface area (Å²) in [5.74, 6) is 0. The SMILES string of the molecule is C(=Nc1ccccc1)c1ccc2ccccc2n1. The fraction of sp³-hybridized carbons (Fsp3) is 0. The van der Waals surface area contributed by atoms with E-state index in [4.69, 9.17) is 0 Å². The molecule has 86 valence electrons. The summed E-state index contributed by atoms with van der Waals surface area (Å²) in [4.78, 5) is 8.94. The normalized spacial score (nSPS) is 11.1. The van der Waals surface area contributed by atoms with Gasteiger partial charge in [-0.15, -0.1) is 0 Å². The second-order valence-electron chi connectivity index (χ2n) is 4.02. The van der Waals surface area contributed by atoms with Crippen LogP contribution in [-0.4, -0.2) is 11.2 Å². The van der Waals surface area contributed by atoms with Crippen molar-refractivity contribution in [3.8, 4) is 0 Å². The Morgan fingerprint density at radius 1 is 0.778 bits per heavy atom. The van der Waals surface area contributed by atoms with Gasteiger partial charge in [-0.25, -0.2) is 4.98 Å². The van der Waals surface area contributed by atoms with E-state index in [1.54, 1.807) is 6.21 Å². The number of pyridine rings is 1. The van der Waals surface area contributed by atoms with Crippen LogP contribution < -0.4 is 0 Å². The van der Waals surface area contributed by atoms with E-state index in [1.165, 1.54) is 0 Å². The highest BCUT2D eigenvalue weighted by Crippen LogP contribution is 2.12. The summed E-state index contributed by atoms with van der Waals surface area (Å²) in [7, 11) is 0. The number of hydrogen-bond donors (Lipinski definition) is 0. The Morgan fingerprint density at radius 3 is 2.44 bits per heavy atom. The van der Waals surface area contributed by atoms with E-state index in [0.717, 1.165) is 22.3 Å². The number of hydrogen-bond acceptors (Lipinski definition) is 2. The van der Waals surface area contributed by atoms with Crippen LogP contribution in [0.15, 0.2) is 71.7 Å². The van der Waals surface area contributed by atoms with Gasteiger partial charge in [0, 0.05) is 5.39 Å². The molecular formula is C16H12N2. The van der Waals surface area contributed by atoms with Gasteiger partial charge < -0.3 is 0 Å². The lowest BCUT2D eigenvalue weighted by molar-refractivity contribution is 1.37. The van der Waals surface area contributed by atoms with Crippen molar-refractivity contribution in [2.24, 2.45) is 4.99 Å². The van der Waals surface area contributed by atoms with Crippen molar-refractivity contribution < 1.29 is 0 Å². The van der Waals surface area contributed by atoms with E-state index in [-0.39, 0.29) is 0 Å². The molecule has 0 aliphatic carbocycles. The summed E-state index contributed by atoms with van der Waals surface area (Å²) in [5.41, 5.74) is 2.81. The third-order valence-corrected chi connectivity index (χ3v) is 2.72. The summed E-state index contributed by atoms with van der Waals surface area (Å²) >= 11 is 0. The van der Waals surface area contributed by atoms with Crippen molar-refractivity contribution in [2.75, 3.05) is 0 Å². The van der Waals surface area contributed by atoms with Crippen molar-refractivity contribution in [1.82, 2.24) is 4.98 Å². The van der Waals surface area contributed by atoms with E-state index < -0.39 is 0 Å². The number of aliphatic imine (C=N–C) groups is 1. The maximum absolute atomic E-state index is 4.54. The van der Waals surface area contributed by atoms with Gasteiger partial charge >= 0.3 is 0 Å². The molecule has 2 aromatic carbocycles. The molecule has 18 heavy (non-hydrogen) atoms. The van der Waals surface area contributed by atoms with Gasteiger partial charge in [-0.2, -0.15) is 0 Å². The summed E-state index contributed by atoms with van der Waals surface area (Å²) in [5, 5.41) is 1.15. The summed E-state index contributed by atoms with van der Waals surface area (Å²) < 4.78 is 0. The van der Waals surface area contributed by atoms with E-state index in [9.17, 15) is 0 Å². The Bertz CT molecular complexity index is 688. The largest absolute Gasteiger partial charge is 0.255 e. The maximum Gasteiger partial charge on any atom is 0.0820 e. The summed E-state index contributed by atoms with van der Waals surface area (Å²) in [6.45, 7) is 0. The first-order chi connectivity index (χ1) is 8.92. The van der Waals surface area contributed by atoms with Crippen LogP contribution in [0.4, 0.5) is 5.69 Å². The molecule has 1 heterocycles. The summed E-state index contributed by atoms with van der Waals surface area (Å²) in [6, 6.07) is 22.0. The first kappa shape index (κ1) is 10.7. The molecule has 2 heteroatoms. The van der Waals surface area contributed by atoms with Gasteiger partial charge in [-0.1, -0.05) is 42.5 Å². The van der Waals surface area contributed by atoms with E-state index in [1.807, 2.05) is 54.6 Å². The van der Waals surface area contributed by atoms with E-state index >= 15 is 0 Å². The average molecular weight is 232 g/mol. The van der Waals surface area contributed by atoms with Crippen LogP contribution in [0.3, 0.4) is 0 Å². The molecule has 0 bridgehead atoms. The molecule has 0 aliphatic heterocycles. The quantitative estimate of drug-likeness (QED) is 0.613. The van der Waals surface area contributed by atoms with Crippen molar-refractivity contribution in [2.45, 2.75) is 0 Å². The number of benzene rings is 2. The van der Waals surface area contributed by atoms with E-state index in [2.05, 4.69) is 22.1 Å². The van der Waals surface area contributed by atoms with Gasteiger partial charge in [-0.3, -0.25) is 4.99 Å². The van der Waals surface area contributed by atoms with Crippen molar-refractivity contribution in [3.05, 3.63) is 72.4 Å². The van der Waals surface area contributed by atoms with Crippen molar-refractivity contribution in [1.29, 1.82) is 0 Å².